The highest BCUT2D eigenvalue weighted by Crippen LogP contribution is 2.40. The van der Waals surface area contributed by atoms with Crippen LogP contribution in [0.1, 0.15) is 285 Å². The second-order valence-electron chi connectivity index (χ2n) is 24.1. The molecule has 420 valence electrons. The van der Waals surface area contributed by atoms with Gasteiger partial charge in [0.15, 0.2) is 0 Å². The Morgan fingerprint density at radius 2 is 0.520 bits per heavy atom. The van der Waals surface area contributed by atoms with Crippen LogP contribution in [0, 0.1) is 17.8 Å². The lowest BCUT2D eigenvalue weighted by Gasteiger charge is -2.29. The number of halogens is 3. The molecular weight excluding hydrogens is 922 g/mol. The topological polar surface area (TPSA) is 0 Å². The first-order valence-corrected chi connectivity index (χ1v) is 31.7. The number of benzene rings is 4. The Bertz CT molecular complexity index is 1850. The molecule has 7 rings (SSSR count). The molecule has 3 unspecified atom stereocenters. The van der Waals surface area contributed by atoms with Crippen LogP contribution in [0.4, 0.5) is 13.2 Å². The van der Waals surface area contributed by atoms with Crippen molar-refractivity contribution in [1.29, 1.82) is 0 Å². The predicted octanol–water partition coefficient (Wildman–Crippen LogP) is 23.4. The van der Waals surface area contributed by atoms with Crippen molar-refractivity contribution in [3.05, 3.63) is 143 Å². The van der Waals surface area contributed by atoms with Gasteiger partial charge in [-0.25, -0.2) is 13.2 Å². The Kier molecular flexibility index (Phi) is 34.2. The van der Waals surface area contributed by atoms with E-state index in [0.29, 0.717) is 19.3 Å². The minimum Gasteiger partial charge on any atom is -0.247 e. The fraction of sp³-hybridized carbons (Fsp3) is 0.667. The fourth-order valence-corrected chi connectivity index (χ4v) is 12.6. The van der Waals surface area contributed by atoms with Crippen LogP contribution < -0.4 is 0 Å². The molecule has 3 aliphatic carbocycles. The van der Waals surface area contributed by atoms with Gasteiger partial charge < -0.3 is 0 Å². The van der Waals surface area contributed by atoms with E-state index in [1.54, 1.807) is 20.8 Å². The van der Waals surface area contributed by atoms with Crippen LogP contribution in [0.25, 0.3) is 0 Å². The monoisotopic (exact) mass is 1030 g/mol. The SMILES string of the molecule is CCCCCCC1CCC(c2ccc(CC(C)F)cc2)CC1.CCCCCCCC1CCC(c2ccc(CC(C)F)cc2)CC1.CCCCCCCCC1CCC(c2ccc(CC(C)F)cc2)CC1.c1ccccc1. The van der Waals surface area contributed by atoms with Crippen molar-refractivity contribution in [2.24, 2.45) is 17.8 Å². The minimum absolute atomic E-state index is 0.546. The molecule has 0 saturated heterocycles. The molecule has 75 heavy (non-hydrogen) atoms. The molecular formula is C72H111F3. The van der Waals surface area contributed by atoms with Gasteiger partial charge in [0.2, 0.25) is 0 Å². The third-order valence-electron chi connectivity index (χ3n) is 17.3. The van der Waals surface area contributed by atoms with Gasteiger partial charge in [0.05, 0.1) is 0 Å². The molecule has 0 nitrogen and oxygen atoms in total. The standard InChI is InChI=1S/C23H37F.C22H35F.C21H33F.C6H6/c1-3-4-5-6-7-8-9-20-10-14-22(15-11-20)23-16-12-21(13-17-23)18-19(2)24;1-3-4-5-6-7-8-19-9-13-21(14-10-19)22-15-11-20(12-16-22)17-18(2)23;1-3-4-5-6-7-18-8-12-20(13-9-18)21-14-10-19(11-15-21)16-17(2)22;1-2-4-6-5-3-1/h12-13,16-17,19-20,22H,3-11,14-15,18H2,1-2H3;11-12,15-16,18-19,21H,3-10,13-14,17H2,1-2H3;10-11,14-15,17-18,20H,3-9,12-13,16H2,1-2H3;1-6H. The van der Waals surface area contributed by atoms with Crippen LogP contribution in [-0.4, -0.2) is 18.5 Å². The summed E-state index contributed by atoms with van der Waals surface area (Å²) in [4.78, 5) is 0. The van der Waals surface area contributed by atoms with Crippen LogP contribution in [0.2, 0.25) is 0 Å². The van der Waals surface area contributed by atoms with E-state index in [1.165, 1.54) is 209 Å². The summed E-state index contributed by atoms with van der Waals surface area (Å²) in [5.74, 6) is 5.13. The lowest BCUT2D eigenvalue weighted by Crippen LogP contribution is -2.13. The molecule has 3 atom stereocenters. The smallest absolute Gasteiger partial charge is 0.101 e. The first-order valence-electron chi connectivity index (χ1n) is 31.7. The summed E-state index contributed by atoms with van der Waals surface area (Å²) in [6, 6.07) is 38.2. The fourth-order valence-electron chi connectivity index (χ4n) is 12.6. The van der Waals surface area contributed by atoms with Crippen molar-refractivity contribution in [3.63, 3.8) is 0 Å². The second-order valence-corrected chi connectivity index (χ2v) is 24.1. The molecule has 0 spiro atoms. The van der Waals surface area contributed by atoms with Crippen LogP contribution >= 0.6 is 0 Å². The van der Waals surface area contributed by atoms with E-state index >= 15 is 0 Å². The number of unbranched alkanes of at least 4 members (excludes halogenated alkanes) is 12. The third-order valence-corrected chi connectivity index (χ3v) is 17.3. The molecule has 4 aromatic carbocycles. The van der Waals surface area contributed by atoms with Crippen molar-refractivity contribution >= 4 is 0 Å². The molecule has 4 aromatic rings. The van der Waals surface area contributed by atoms with Gasteiger partial charge in [-0.2, -0.15) is 0 Å². The van der Waals surface area contributed by atoms with Gasteiger partial charge in [0, 0.05) is 19.3 Å². The third kappa shape index (κ3) is 28.7. The Labute approximate surface area is 461 Å². The van der Waals surface area contributed by atoms with Crippen LogP contribution in [0.15, 0.2) is 109 Å². The highest BCUT2D eigenvalue weighted by atomic mass is 19.1. The largest absolute Gasteiger partial charge is 0.247 e. The maximum absolute atomic E-state index is 13.1. The molecule has 0 heterocycles. The lowest BCUT2D eigenvalue weighted by molar-refractivity contribution is 0.301. The van der Waals surface area contributed by atoms with E-state index in [2.05, 4.69) is 93.6 Å². The maximum atomic E-state index is 13.1. The van der Waals surface area contributed by atoms with Gasteiger partial charge in [0.25, 0.3) is 0 Å². The Balaban J connectivity index is 0.000000230. The van der Waals surface area contributed by atoms with E-state index < -0.39 is 18.5 Å². The summed E-state index contributed by atoms with van der Waals surface area (Å²) in [5, 5.41) is 0. The van der Waals surface area contributed by atoms with Crippen molar-refractivity contribution in [3.8, 4) is 0 Å². The zero-order chi connectivity index (χ0) is 53.7. The number of rotatable bonds is 27. The highest BCUT2D eigenvalue weighted by molar-refractivity contribution is 5.28. The molecule has 3 heteroatoms. The lowest BCUT2D eigenvalue weighted by atomic mass is 9.77. The quantitative estimate of drug-likeness (QED) is 0.0522. The summed E-state index contributed by atoms with van der Waals surface area (Å²) >= 11 is 0. The summed E-state index contributed by atoms with van der Waals surface area (Å²) in [6.07, 6.45) is 41.4. The number of alkyl halides is 3. The summed E-state index contributed by atoms with van der Waals surface area (Å²) in [5.41, 5.74) is 7.81. The van der Waals surface area contributed by atoms with Crippen LogP contribution in [0.5, 0.6) is 0 Å². The van der Waals surface area contributed by atoms with E-state index in [-0.39, 0.29) is 0 Å². The first kappa shape index (κ1) is 64.2. The predicted molar refractivity (Wildman–Crippen MR) is 323 cm³/mol. The van der Waals surface area contributed by atoms with E-state index in [1.807, 2.05) is 36.4 Å². The highest BCUT2D eigenvalue weighted by Gasteiger charge is 2.24. The first-order chi connectivity index (χ1) is 36.6. The Hall–Kier alpha value is -3.33. The van der Waals surface area contributed by atoms with Crippen molar-refractivity contribution in [1.82, 2.24) is 0 Å². The maximum Gasteiger partial charge on any atom is 0.101 e. The van der Waals surface area contributed by atoms with E-state index in [0.717, 1.165) is 52.2 Å². The normalized spacial score (nSPS) is 21.7. The average Bonchev–Trinajstić information content (AvgIpc) is 3.43. The van der Waals surface area contributed by atoms with Gasteiger partial charge in [0.1, 0.15) is 18.5 Å². The van der Waals surface area contributed by atoms with E-state index in [9.17, 15) is 13.2 Å². The molecule has 3 saturated carbocycles. The molecule has 0 aromatic heterocycles. The van der Waals surface area contributed by atoms with Gasteiger partial charge in [-0.3, -0.25) is 0 Å². The van der Waals surface area contributed by atoms with E-state index in [4.69, 9.17) is 0 Å². The second kappa shape index (κ2) is 39.9. The average molecular weight is 1030 g/mol. The van der Waals surface area contributed by atoms with Crippen molar-refractivity contribution in [2.75, 3.05) is 0 Å². The number of hydrogen-bond donors (Lipinski definition) is 0. The van der Waals surface area contributed by atoms with Gasteiger partial charge in [-0.15, -0.1) is 0 Å². The number of hydrogen-bond acceptors (Lipinski definition) is 0. The van der Waals surface area contributed by atoms with Crippen molar-refractivity contribution in [2.45, 2.75) is 290 Å². The molecule has 0 radical (unpaired) electrons. The zero-order valence-corrected chi connectivity index (χ0v) is 49.1. The van der Waals surface area contributed by atoms with Gasteiger partial charge in [-0.05, 0) is 167 Å². The molecule has 0 amide bonds. The zero-order valence-electron chi connectivity index (χ0n) is 49.1. The molecule has 0 bridgehead atoms. The summed E-state index contributed by atoms with van der Waals surface area (Å²) in [6.45, 7) is 11.8. The minimum atomic E-state index is -0.742. The molecule has 0 N–H and O–H groups in total. The summed E-state index contributed by atoms with van der Waals surface area (Å²) < 4.78 is 39.2. The van der Waals surface area contributed by atoms with Crippen LogP contribution in [0.3, 0.4) is 0 Å². The summed E-state index contributed by atoms with van der Waals surface area (Å²) in [7, 11) is 0. The Morgan fingerprint density at radius 3 is 0.747 bits per heavy atom. The Morgan fingerprint density at radius 1 is 0.307 bits per heavy atom. The van der Waals surface area contributed by atoms with Gasteiger partial charge >= 0.3 is 0 Å². The van der Waals surface area contributed by atoms with Crippen LogP contribution in [-0.2, 0) is 19.3 Å². The molecule has 0 aliphatic heterocycles. The molecule has 3 aliphatic rings. The molecule has 3 fully saturated rings. The van der Waals surface area contributed by atoms with Crippen molar-refractivity contribution < 1.29 is 13.2 Å². The van der Waals surface area contributed by atoms with Gasteiger partial charge in [-0.1, -0.05) is 246 Å².